The number of hydrogen-bond acceptors (Lipinski definition) is 3. The van der Waals surface area contributed by atoms with Crippen LogP contribution in [0.1, 0.15) is 12.8 Å². The van der Waals surface area contributed by atoms with Crippen molar-refractivity contribution < 1.29 is 5.11 Å². The largest absolute Gasteiger partial charge is 0.394 e. The van der Waals surface area contributed by atoms with Crippen LogP contribution in [0.25, 0.3) is 0 Å². The molecule has 1 aromatic heterocycles. The van der Waals surface area contributed by atoms with Crippen molar-refractivity contribution in [3.05, 3.63) is 24.4 Å². The van der Waals surface area contributed by atoms with E-state index in [1.165, 1.54) is 0 Å². The van der Waals surface area contributed by atoms with E-state index in [9.17, 15) is 0 Å². The highest BCUT2D eigenvalue weighted by atomic mass is 16.3. The molecule has 1 aliphatic heterocycles. The van der Waals surface area contributed by atoms with Crippen molar-refractivity contribution in [1.29, 1.82) is 0 Å². The molecule has 0 saturated carbocycles. The molecule has 2 rings (SSSR count). The standard InChI is InChI=1S/C10H14N2O/c13-8-9-4-3-7-12(9)10-5-1-2-6-11-10/h1-2,5-6,9,13H,3-4,7-8H2/t9-/m1/s1. The number of nitrogens with zero attached hydrogens (tertiary/aromatic N) is 2. The Morgan fingerprint density at radius 3 is 3.15 bits per heavy atom. The summed E-state index contributed by atoms with van der Waals surface area (Å²) in [6, 6.07) is 6.16. The van der Waals surface area contributed by atoms with Crippen LogP contribution in [0, 0.1) is 0 Å². The summed E-state index contributed by atoms with van der Waals surface area (Å²) in [6.45, 7) is 1.25. The molecule has 0 amide bonds. The van der Waals surface area contributed by atoms with E-state index in [2.05, 4.69) is 9.88 Å². The van der Waals surface area contributed by atoms with E-state index in [0.717, 1.165) is 25.2 Å². The van der Waals surface area contributed by atoms with Crippen molar-refractivity contribution in [2.75, 3.05) is 18.1 Å². The molecule has 0 aliphatic carbocycles. The molecule has 70 valence electrons. The molecule has 1 aliphatic rings. The number of aliphatic hydroxyl groups excluding tert-OH is 1. The second-order valence-corrected chi connectivity index (χ2v) is 3.36. The monoisotopic (exact) mass is 178 g/mol. The molecule has 1 fully saturated rings. The Labute approximate surface area is 78.0 Å². The average Bonchev–Trinajstić information content (AvgIpc) is 2.67. The van der Waals surface area contributed by atoms with Gasteiger partial charge in [-0.05, 0) is 25.0 Å². The lowest BCUT2D eigenvalue weighted by Crippen LogP contribution is -2.32. The molecule has 0 radical (unpaired) electrons. The van der Waals surface area contributed by atoms with Gasteiger partial charge in [0, 0.05) is 12.7 Å². The van der Waals surface area contributed by atoms with Crippen LogP contribution in [0.4, 0.5) is 5.82 Å². The van der Waals surface area contributed by atoms with Crippen LogP contribution in [-0.2, 0) is 0 Å². The van der Waals surface area contributed by atoms with Crippen LogP contribution in [0.5, 0.6) is 0 Å². The molecule has 1 saturated heterocycles. The lowest BCUT2D eigenvalue weighted by Gasteiger charge is -2.23. The molecule has 3 nitrogen and oxygen atoms in total. The van der Waals surface area contributed by atoms with Gasteiger partial charge in [-0.1, -0.05) is 6.07 Å². The fourth-order valence-electron chi connectivity index (χ4n) is 1.85. The van der Waals surface area contributed by atoms with Gasteiger partial charge in [-0.25, -0.2) is 4.98 Å². The van der Waals surface area contributed by atoms with Crippen LogP contribution in [0.15, 0.2) is 24.4 Å². The number of anilines is 1. The van der Waals surface area contributed by atoms with Gasteiger partial charge < -0.3 is 10.0 Å². The zero-order chi connectivity index (χ0) is 9.10. The maximum atomic E-state index is 9.13. The van der Waals surface area contributed by atoms with Crippen molar-refractivity contribution in [2.24, 2.45) is 0 Å². The zero-order valence-electron chi connectivity index (χ0n) is 7.56. The predicted molar refractivity (Wildman–Crippen MR) is 51.7 cm³/mol. The predicted octanol–water partition coefficient (Wildman–Crippen LogP) is 1.04. The third kappa shape index (κ3) is 1.65. The summed E-state index contributed by atoms with van der Waals surface area (Å²) < 4.78 is 0. The van der Waals surface area contributed by atoms with Gasteiger partial charge in [-0.2, -0.15) is 0 Å². The third-order valence-corrected chi connectivity index (χ3v) is 2.53. The van der Waals surface area contributed by atoms with E-state index in [1.807, 2.05) is 18.2 Å². The molecule has 13 heavy (non-hydrogen) atoms. The first-order chi connectivity index (χ1) is 6.42. The smallest absolute Gasteiger partial charge is 0.128 e. The first-order valence-electron chi connectivity index (χ1n) is 4.70. The maximum absolute atomic E-state index is 9.13. The van der Waals surface area contributed by atoms with E-state index in [0.29, 0.717) is 0 Å². The number of hydrogen-bond donors (Lipinski definition) is 1. The summed E-state index contributed by atoms with van der Waals surface area (Å²) in [5, 5.41) is 9.13. The van der Waals surface area contributed by atoms with Gasteiger partial charge in [-0.15, -0.1) is 0 Å². The highest BCUT2D eigenvalue weighted by Gasteiger charge is 2.24. The molecule has 0 spiro atoms. The molecular weight excluding hydrogens is 164 g/mol. The van der Waals surface area contributed by atoms with E-state index in [-0.39, 0.29) is 12.6 Å². The van der Waals surface area contributed by atoms with E-state index in [1.54, 1.807) is 6.20 Å². The molecule has 1 N–H and O–H groups in total. The van der Waals surface area contributed by atoms with Gasteiger partial charge in [0.15, 0.2) is 0 Å². The molecule has 1 atom stereocenters. The van der Waals surface area contributed by atoms with Crippen molar-refractivity contribution in [1.82, 2.24) is 4.98 Å². The van der Waals surface area contributed by atoms with Crippen LogP contribution in [0.3, 0.4) is 0 Å². The van der Waals surface area contributed by atoms with Gasteiger partial charge in [-0.3, -0.25) is 0 Å². The normalized spacial score (nSPS) is 22.2. The highest BCUT2D eigenvalue weighted by molar-refractivity contribution is 5.40. The molecule has 0 aromatic carbocycles. The van der Waals surface area contributed by atoms with Gasteiger partial charge in [0.05, 0.1) is 12.6 Å². The number of aliphatic hydroxyl groups is 1. The topological polar surface area (TPSA) is 36.4 Å². The Morgan fingerprint density at radius 2 is 2.46 bits per heavy atom. The first-order valence-corrected chi connectivity index (χ1v) is 4.70. The second kappa shape index (κ2) is 3.75. The van der Waals surface area contributed by atoms with Crippen LogP contribution < -0.4 is 4.90 Å². The minimum atomic E-state index is 0.233. The van der Waals surface area contributed by atoms with Gasteiger partial charge in [0.2, 0.25) is 0 Å². The molecule has 1 aromatic rings. The average molecular weight is 178 g/mol. The number of pyridine rings is 1. The quantitative estimate of drug-likeness (QED) is 0.735. The molecule has 2 heterocycles. The summed E-state index contributed by atoms with van der Waals surface area (Å²) in [5.41, 5.74) is 0. The van der Waals surface area contributed by atoms with Crippen molar-refractivity contribution in [3.8, 4) is 0 Å². The van der Waals surface area contributed by atoms with Gasteiger partial charge >= 0.3 is 0 Å². The fraction of sp³-hybridized carbons (Fsp3) is 0.500. The summed E-state index contributed by atoms with van der Waals surface area (Å²) in [7, 11) is 0. The molecular formula is C10H14N2O. The molecule has 0 unspecified atom stereocenters. The van der Waals surface area contributed by atoms with E-state index in [4.69, 9.17) is 5.11 Å². The summed E-state index contributed by atoms with van der Waals surface area (Å²) in [4.78, 5) is 6.45. The first kappa shape index (κ1) is 8.51. The van der Waals surface area contributed by atoms with Gasteiger partial charge in [0.25, 0.3) is 0 Å². The number of rotatable bonds is 2. The van der Waals surface area contributed by atoms with Gasteiger partial charge in [0.1, 0.15) is 5.82 Å². The number of aromatic nitrogens is 1. The minimum Gasteiger partial charge on any atom is -0.394 e. The van der Waals surface area contributed by atoms with Crippen molar-refractivity contribution in [2.45, 2.75) is 18.9 Å². The minimum absolute atomic E-state index is 0.233. The second-order valence-electron chi connectivity index (χ2n) is 3.36. The fourth-order valence-corrected chi connectivity index (χ4v) is 1.85. The summed E-state index contributed by atoms with van der Waals surface area (Å²) >= 11 is 0. The lowest BCUT2D eigenvalue weighted by atomic mass is 10.2. The third-order valence-electron chi connectivity index (χ3n) is 2.53. The van der Waals surface area contributed by atoms with Crippen LogP contribution >= 0.6 is 0 Å². The lowest BCUT2D eigenvalue weighted by molar-refractivity contribution is 0.266. The SMILES string of the molecule is OC[C@H]1CCCN1c1ccccn1. The Bertz CT molecular complexity index is 263. The van der Waals surface area contributed by atoms with Crippen LogP contribution in [0.2, 0.25) is 0 Å². The Hall–Kier alpha value is -1.09. The maximum Gasteiger partial charge on any atom is 0.128 e. The van der Waals surface area contributed by atoms with Crippen LogP contribution in [-0.4, -0.2) is 29.3 Å². The summed E-state index contributed by atoms with van der Waals surface area (Å²) in [5.74, 6) is 0.985. The Kier molecular flexibility index (Phi) is 2.45. The van der Waals surface area contributed by atoms with Crippen molar-refractivity contribution >= 4 is 5.82 Å². The molecule has 0 bridgehead atoms. The summed E-state index contributed by atoms with van der Waals surface area (Å²) in [6.07, 6.45) is 4.02. The Balaban J connectivity index is 2.16. The Morgan fingerprint density at radius 1 is 1.54 bits per heavy atom. The molecule has 3 heteroatoms. The zero-order valence-corrected chi connectivity index (χ0v) is 7.56. The highest BCUT2D eigenvalue weighted by Crippen LogP contribution is 2.22. The van der Waals surface area contributed by atoms with Crippen molar-refractivity contribution in [3.63, 3.8) is 0 Å². The van der Waals surface area contributed by atoms with E-state index >= 15 is 0 Å². The van der Waals surface area contributed by atoms with E-state index < -0.39 is 0 Å².